The molecule has 3 heterocycles. The first kappa shape index (κ1) is 14.7. The van der Waals surface area contributed by atoms with Crippen molar-refractivity contribution in [1.82, 2.24) is 15.0 Å². The lowest BCUT2D eigenvalue weighted by atomic mass is 10.1. The minimum atomic E-state index is -0.0477. The summed E-state index contributed by atoms with van der Waals surface area (Å²) in [5, 5.41) is 4.34. The molecule has 0 aromatic carbocycles. The molecule has 3 aromatic rings. The first-order valence-corrected chi connectivity index (χ1v) is 7.93. The lowest BCUT2D eigenvalue weighted by molar-refractivity contribution is 1.00. The molecule has 0 spiro atoms. The van der Waals surface area contributed by atoms with Crippen molar-refractivity contribution in [2.24, 2.45) is 0 Å². The van der Waals surface area contributed by atoms with Crippen LogP contribution in [0, 0.1) is 27.7 Å². The molecule has 2 N–H and O–H groups in total. The van der Waals surface area contributed by atoms with E-state index in [2.05, 4.69) is 34.1 Å². The maximum Gasteiger partial charge on any atom is 0.253 e. The second-order valence-corrected chi connectivity index (χ2v) is 6.69. The van der Waals surface area contributed by atoms with Gasteiger partial charge in [-0.25, -0.2) is 9.97 Å². The van der Waals surface area contributed by atoms with Crippen LogP contribution in [0.2, 0.25) is 0 Å². The average molecular weight is 314 g/mol. The second-order valence-electron chi connectivity index (χ2n) is 5.48. The molecule has 0 aliphatic carbocycles. The van der Waals surface area contributed by atoms with Crippen LogP contribution in [0.4, 0.5) is 5.82 Å². The van der Waals surface area contributed by atoms with Crippen molar-refractivity contribution in [2.45, 2.75) is 34.2 Å². The Morgan fingerprint density at radius 1 is 1.23 bits per heavy atom. The number of fused-ring (bicyclic) bond motifs is 1. The summed E-state index contributed by atoms with van der Waals surface area (Å²) in [6.45, 7) is 8.45. The van der Waals surface area contributed by atoms with E-state index in [4.69, 9.17) is 0 Å². The summed E-state index contributed by atoms with van der Waals surface area (Å²) < 4.78 is 0. The Labute approximate surface area is 132 Å². The van der Waals surface area contributed by atoms with E-state index in [0.29, 0.717) is 6.54 Å². The monoisotopic (exact) mass is 314 g/mol. The van der Waals surface area contributed by atoms with Gasteiger partial charge in [0.2, 0.25) is 0 Å². The quantitative estimate of drug-likeness (QED) is 0.778. The predicted octanol–water partition coefficient (Wildman–Crippen LogP) is 3.23. The fourth-order valence-electron chi connectivity index (χ4n) is 2.59. The van der Waals surface area contributed by atoms with Crippen molar-refractivity contribution in [2.75, 3.05) is 5.32 Å². The molecule has 114 valence electrons. The van der Waals surface area contributed by atoms with Crippen LogP contribution in [0.15, 0.2) is 17.2 Å². The summed E-state index contributed by atoms with van der Waals surface area (Å²) in [5.74, 6) is 0.784. The van der Waals surface area contributed by atoms with E-state index in [0.717, 1.165) is 32.9 Å². The zero-order valence-electron chi connectivity index (χ0n) is 13.1. The minimum Gasteiger partial charge on any atom is -0.365 e. The highest BCUT2D eigenvalue weighted by atomic mass is 32.1. The van der Waals surface area contributed by atoms with Gasteiger partial charge in [0.25, 0.3) is 5.56 Å². The Morgan fingerprint density at radius 2 is 2.00 bits per heavy atom. The molecular formula is C16H18N4OS. The number of pyridine rings is 1. The topological polar surface area (TPSA) is 70.7 Å². The van der Waals surface area contributed by atoms with Gasteiger partial charge in [-0.2, -0.15) is 0 Å². The van der Waals surface area contributed by atoms with Crippen LogP contribution in [-0.2, 0) is 6.54 Å². The molecule has 0 bridgehead atoms. The SMILES string of the molecule is Cc1cc(C)c(CNc2ncnc3sc(C)c(C)c23)c(=O)[nH]1. The maximum absolute atomic E-state index is 12.1. The molecule has 3 aromatic heterocycles. The maximum atomic E-state index is 12.1. The average Bonchev–Trinajstić information content (AvgIpc) is 2.73. The van der Waals surface area contributed by atoms with Crippen molar-refractivity contribution in [3.8, 4) is 0 Å². The van der Waals surface area contributed by atoms with Gasteiger partial charge in [-0.15, -0.1) is 11.3 Å². The molecule has 22 heavy (non-hydrogen) atoms. The number of nitrogens with one attached hydrogen (secondary N) is 2. The van der Waals surface area contributed by atoms with E-state index in [-0.39, 0.29) is 5.56 Å². The van der Waals surface area contributed by atoms with Gasteiger partial charge in [0.15, 0.2) is 0 Å². The smallest absolute Gasteiger partial charge is 0.253 e. The Hall–Kier alpha value is -2.21. The zero-order valence-corrected chi connectivity index (χ0v) is 13.9. The summed E-state index contributed by atoms with van der Waals surface area (Å²) in [4.78, 5) is 25.8. The number of aryl methyl sites for hydroxylation is 4. The number of hydrogen-bond acceptors (Lipinski definition) is 5. The van der Waals surface area contributed by atoms with Gasteiger partial charge in [0.1, 0.15) is 17.0 Å². The first-order chi connectivity index (χ1) is 10.5. The summed E-state index contributed by atoms with van der Waals surface area (Å²) >= 11 is 1.66. The van der Waals surface area contributed by atoms with Crippen LogP contribution in [0.5, 0.6) is 0 Å². The highest BCUT2D eigenvalue weighted by Gasteiger charge is 2.12. The van der Waals surface area contributed by atoms with Crippen LogP contribution in [-0.4, -0.2) is 15.0 Å². The van der Waals surface area contributed by atoms with Gasteiger partial charge >= 0.3 is 0 Å². The fraction of sp³-hybridized carbons (Fsp3) is 0.312. The molecular weight excluding hydrogens is 296 g/mol. The molecule has 0 saturated heterocycles. The van der Waals surface area contributed by atoms with Crippen LogP contribution < -0.4 is 10.9 Å². The number of rotatable bonds is 3. The van der Waals surface area contributed by atoms with Crippen LogP contribution in [0.3, 0.4) is 0 Å². The molecule has 0 amide bonds. The lowest BCUT2D eigenvalue weighted by Gasteiger charge is -2.09. The van der Waals surface area contributed by atoms with Crippen LogP contribution in [0.1, 0.15) is 27.3 Å². The van der Waals surface area contributed by atoms with Gasteiger partial charge in [0.05, 0.1) is 5.39 Å². The highest BCUT2D eigenvalue weighted by Crippen LogP contribution is 2.32. The molecule has 0 radical (unpaired) electrons. The molecule has 0 aliphatic rings. The molecule has 6 heteroatoms. The molecule has 5 nitrogen and oxygen atoms in total. The highest BCUT2D eigenvalue weighted by molar-refractivity contribution is 7.18. The van der Waals surface area contributed by atoms with Crippen molar-refractivity contribution in [3.05, 3.63) is 50.0 Å². The van der Waals surface area contributed by atoms with Gasteiger partial charge in [0, 0.05) is 22.7 Å². The van der Waals surface area contributed by atoms with E-state index >= 15 is 0 Å². The van der Waals surface area contributed by atoms with E-state index in [1.54, 1.807) is 17.7 Å². The van der Waals surface area contributed by atoms with Gasteiger partial charge in [-0.3, -0.25) is 4.79 Å². The van der Waals surface area contributed by atoms with Gasteiger partial charge in [-0.05, 0) is 44.9 Å². The number of hydrogen-bond donors (Lipinski definition) is 2. The normalized spacial score (nSPS) is 11.1. The molecule has 0 unspecified atom stereocenters. The minimum absolute atomic E-state index is 0.0477. The number of aromatic amines is 1. The van der Waals surface area contributed by atoms with E-state index in [1.807, 2.05) is 19.9 Å². The summed E-state index contributed by atoms with van der Waals surface area (Å²) in [6.07, 6.45) is 1.56. The van der Waals surface area contributed by atoms with E-state index in [9.17, 15) is 4.79 Å². The third-order valence-electron chi connectivity index (χ3n) is 3.89. The van der Waals surface area contributed by atoms with E-state index in [1.165, 1.54) is 10.4 Å². The third-order valence-corrected chi connectivity index (χ3v) is 5.01. The molecule has 0 fully saturated rings. The second kappa shape index (κ2) is 5.53. The molecule has 0 atom stereocenters. The summed E-state index contributed by atoms with van der Waals surface area (Å²) in [5.41, 5.74) is 3.74. The van der Waals surface area contributed by atoms with Gasteiger partial charge in [-0.1, -0.05) is 0 Å². The van der Waals surface area contributed by atoms with Crippen molar-refractivity contribution in [3.63, 3.8) is 0 Å². The Balaban J connectivity index is 1.97. The first-order valence-electron chi connectivity index (χ1n) is 7.11. The number of nitrogens with zero attached hydrogens (tertiary/aromatic N) is 2. The summed E-state index contributed by atoms with van der Waals surface area (Å²) in [7, 11) is 0. The Kier molecular flexibility index (Phi) is 3.70. The number of anilines is 1. The van der Waals surface area contributed by atoms with Crippen LogP contribution >= 0.6 is 11.3 Å². The number of thiophene rings is 1. The number of H-pyrrole nitrogens is 1. The lowest BCUT2D eigenvalue weighted by Crippen LogP contribution is -2.18. The fourth-order valence-corrected chi connectivity index (χ4v) is 3.59. The third kappa shape index (κ3) is 2.50. The molecule has 3 rings (SSSR count). The number of aromatic nitrogens is 3. The van der Waals surface area contributed by atoms with Crippen molar-refractivity contribution >= 4 is 27.4 Å². The largest absolute Gasteiger partial charge is 0.365 e. The van der Waals surface area contributed by atoms with Crippen molar-refractivity contribution in [1.29, 1.82) is 0 Å². The zero-order chi connectivity index (χ0) is 15.9. The standard InChI is InChI=1S/C16H18N4OS/c1-8-5-9(2)20-15(21)12(8)6-17-14-13-10(3)11(4)22-16(13)19-7-18-14/h5,7H,6H2,1-4H3,(H,20,21)(H,17,18,19). The predicted molar refractivity (Wildman–Crippen MR) is 90.8 cm³/mol. The Bertz CT molecular complexity index is 910. The molecule has 0 saturated carbocycles. The van der Waals surface area contributed by atoms with Gasteiger partial charge < -0.3 is 10.3 Å². The summed E-state index contributed by atoms with van der Waals surface area (Å²) in [6, 6.07) is 1.98. The van der Waals surface area contributed by atoms with E-state index < -0.39 is 0 Å². The Morgan fingerprint density at radius 3 is 2.73 bits per heavy atom. The van der Waals surface area contributed by atoms with Crippen LogP contribution in [0.25, 0.3) is 10.2 Å². The molecule has 0 aliphatic heterocycles. The van der Waals surface area contributed by atoms with Crippen molar-refractivity contribution < 1.29 is 0 Å².